The minimum Gasteiger partial charge on any atom is -0.338 e. The Hall–Kier alpha value is -1.64. The molecule has 10 heteroatoms. The molecular weight excluding hydrogens is 409 g/mol. The van der Waals surface area contributed by atoms with Crippen LogP contribution in [0, 0.1) is 0 Å². The van der Waals surface area contributed by atoms with Crippen LogP contribution in [0.1, 0.15) is 5.89 Å². The molecule has 1 heterocycles. The molecule has 0 saturated heterocycles. The third-order valence-corrected chi connectivity index (χ3v) is 5.54. The molecule has 0 aliphatic carbocycles. The maximum atomic E-state index is 12.3. The predicted octanol–water partition coefficient (Wildman–Crippen LogP) is 4.18. The number of halogens is 3. The highest BCUT2D eigenvalue weighted by Gasteiger charge is 2.19. The van der Waals surface area contributed by atoms with Gasteiger partial charge in [-0.2, -0.15) is 4.98 Å². The van der Waals surface area contributed by atoms with Crippen molar-refractivity contribution in [2.75, 3.05) is 0 Å². The van der Waals surface area contributed by atoms with Crippen molar-refractivity contribution < 1.29 is 12.9 Å². The van der Waals surface area contributed by atoms with Crippen molar-refractivity contribution in [1.29, 1.82) is 0 Å². The minimum absolute atomic E-state index is 0.0595. The summed E-state index contributed by atoms with van der Waals surface area (Å²) in [6.07, 6.45) is 0. The normalized spacial score (nSPS) is 11.6. The number of sulfonamides is 1. The van der Waals surface area contributed by atoms with Crippen molar-refractivity contribution in [1.82, 2.24) is 14.9 Å². The van der Waals surface area contributed by atoms with E-state index in [2.05, 4.69) is 14.9 Å². The zero-order valence-electron chi connectivity index (χ0n) is 12.4. The summed E-state index contributed by atoms with van der Waals surface area (Å²) >= 11 is 17.6. The summed E-state index contributed by atoms with van der Waals surface area (Å²) in [5.74, 6) is 0.429. The van der Waals surface area contributed by atoms with Crippen LogP contribution in [0.5, 0.6) is 0 Å². The van der Waals surface area contributed by atoms with E-state index in [9.17, 15) is 8.42 Å². The number of aromatic nitrogens is 2. The lowest BCUT2D eigenvalue weighted by atomic mass is 10.2. The van der Waals surface area contributed by atoms with Gasteiger partial charge in [-0.05, 0) is 42.5 Å². The molecule has 25 heavy (non-hydrogen) atoms. The first kappa shape index (κ1) is 18.2. The molecule has 0 aliphatic rings. The molecule has 3 aromatic rings. The van der Waals surface area contributed by atoms with Gasteiger partial charge < -0.3 is 4.52 Å². The van der Waals surface area contributed by atoms with E-state index in [0.717, 1.165) is 0 Å². The summed E-state index contributed by atoms with van der Waals surface area (Å²) in [5, 5.41) is 4.71. The first-order chi connectivity index (χ1) is 11.8. The van der Waals surface area contributed by atoms with Crippen molar-refractivity contribution in [3.05, 3.63) is 63.4 Å². The van der Waals surface area contributed by atoms with Gasteiger partial charge in [0.15, 0.2) is 0 Å². The average Bonchev–Trinajstić information content (AvgIpc) is 3.05. The molecule has 0 fully saturated rings. The Morgan fingerprint density at radius 2 is 1.68 bits per heavy atom. The summed E-state index contributed by atoms with van der Waals surface area (Å²) in [5.41, 5.74) is 0.695. The smallest absolute Gasteiger partial charge is 0.242 e. The van der Waals surface area contributed by atoms with Crippen LogP contribution in [-0.4, -0.2) is 18.6 Å². The number of benzene rings is 2. The second kappa shape index (κ2) is 7.31. The largest absolute Gasteiger partial charge is 0.338 e. The highest BCUT2D eigenvalue weighted by Crippen LogP contribution is 2.25. The minimum atomic E-state index is -3.88. The van der Waals surface area contributed by atoms with Gasteiger partial charge in [-0.1, -0.05) is 40.0 Å². The van der Waals surface area contributed by atoms with Crippen molar-refractivity contribution in [2.24, 2.45) is 0 Å². The maximum Gasteiger partial charge on any atom is 0.242 e. The van der Waals surface area contributed by atoms with Crippen molar-refractivity contribution >= 4 is 44.8 Å². The van der Waals surface area contributed by atoms with E-state index in [1.165, 1.54) is 18.2 Å². The van der Waals surface area contributed by atoms with Crippen LogP contribution < -0.4 is 4.72 Å². The van der Waals surface area contributed by atoms with Crippen molar-refractivity contribution in [3.63, 3.8) is 0 Å². The van der Waals surface area contributed by atoms with Crippen LogP contribution in [0.4, 0.5) is 0 Å². The van der Waals surface area contributed by atoms with E-state index < -0.39 is 10.0 Å². The second-order valence-electron chi connectivity index (χ2n) is 4.92. The summed E-state index contributed by atoms with van der Waals surface area (Å²) in [4.78, 5) is 4.01. The second-order valence-corrected chi connectivity index (χ2v) is 7.93. The van der Waals surface area contributed by atoms with E-state index in [-0.39, 0.29) is 27.4 Å². The molecule has 1 N–H and O–H groups in total. The molecule has 130 valence electrons. The summed E-state index contributed by atoms with van der Waals surface area (Å²) in [7, 11) is -3.88. The SMILES string of the molecule is O=S(=O)(NCc1nc(-c2ccc(Cl)cc2)no1)c1cc(Cl)ccc1Cl. The highest BCUT2D eigenvalue weighted by atomic mass is 35.5. The van der Waals surface area contributed by atoms with Crippen LogP contribution in [0.3, 0.4) is 0 Å². The molecule has 0 atom stereocenters. The first-order valence-electron chi connectivity index (χ1n) is 6.88. The Bertz CT molecular complexity index is 1000. The molecule has 3 rings (SSSR count). The number of nitrogens with one attached hydrogen (secondary N) is 1. The average molecular weight is 419 g/mol. The number of nitrogens with zero attached hydrogens (tertiary/aromatic N) is 2. The summed E-state index contributed by atoms with van der Waals surface area (Å²) < 4.78 is 32.1. The van der Waals surface area contributed by atoms with Crippen LogP contribution in [-0.2, 0) is 16.6 Å². The molecule has 0 bridgehead atoms. The van der Waals surface area contributed by atoms with Gasteiger partial charge >= 0.3 is 0 Å². The molecule has 0 aliphatic heterocycles. The van der Waals surface area contributed by atoms with Crippen LogP contribution in [0.2, 0.25) is 15.1 Å². The molecule has 0 spiro atoms. The van der Waals surface area contributed by atoms with Crippen LogP contribution >= 0.6 is 34.8 Å². The zero-order valence-corrected chi connectivity index (χ0v) is 15.5. The molecule has 6 nitrogen and oxygen atoms in total. The Labute approximate surface area is 158 Å². The molecule has 0 radical (unpaired) electrons. The zero-order chi connectivity index (χ0) is 18.0. The quantitative estimate of drug-likeness (QED) is 0.672. The van der Waals surface area contributed by atoms with Gasteiger partial charge in [0.25, 0.3) is 0 Å². The lowest BCUT2D eigenvalue weighted by Gasteiger charge is -2.06. The Morgan fingerprint density at radius 1 is 1.00 bits per heavy atom. The third-order valence-electron chi connectivity index (χ3n) is 3.17. The van der Waals surface area contributed by atoms with Crippen LogP contribution in [0.25, 0.3) is 11.4 Å². The third kappa shape index (κ3) is 4.31. The molecule has 0 saturated carbocycles. The monoisotopic (exact) mass is 417 g/mol. The van der Waals surface area contributed by atoms with E-state index in [0.29, 0.717) is 16.4 Å². The molecule has 2 aromatic carbocycles. The van der Waals surface area contributed by atoms with Crippen LogP contribution in [0.15, 0.2) is 51.9 Å². The summed E-state index contributed by atoms with van der Waals surface area (Å²) in [6.45, 7) is -0.189. The van der Waals surface area contributed by atoms with Gasteiger partial charge in [-0.25, -0.2) is 13.1 Å². The topological polar surface area (TPSA) is 85.1 Å². The fourth-order valence-corrected chi connectivity index (χ4v) is 3.82. The maximum absolute atomic E-state index is 12.3. The Morgan fingerprint density at radius 3 is 2.40 bits per heavy atom. The van der Waals surface area contributed by atoms with Crippen molar-refractivity contribution in [3.8, 4) is 11.4 Å². The lowest BCUT2D eigenvalue weighted by molar-refractivity contribution is 0.376. The van der Waals surface area contributed by atoms with E-state index in [4.69, 9.17) is 39.3 Å². The van der Waals surface area contributed by atoms with Gasteiger partial charge in [0, 0.05) is 15.6 Å². The number of hydrogen-bond acceptors (Lipinski definition) is 5. The number of hydrogen-bond donors (Lipinski definition) is 1. The van der Waals surface area contributed by atoms with Gasteiger partial charge in [0.2, 0.25) is 21.7 Å². The fourth-order valence-electron chi connectivity index (χ4n) is 1.96. The van der Waals surface area contributed by atoms with E-state index >= 15 is 0 Å². The first-order valence-corrected chi connectivity index (χ1v) is 9.50. The summed E-state index contributed by atoms with van der Waals surface area (Å²) in [6, 6.07) is 11.0. The molecule has 1 aromatic heterocycles. The van der Waals surface area contributed by atoms with Gasteiger partial charge in [-0.15, -0.1) is 0 Å². The Kier molecular flexibility index (Phi) is 5.31. The van der Waals surface area contributed by atoms with E-state index in [1.807, 2.05) is 0 Å². The lowest BCUT2D eigenvalue weighted by Crippen LogP contribution is -2.23. The van der Waals surface area contributed by atoms with Gasteiger partial charge in [-0.3, -0.25) is 0 Å². The predicted molar refractivity (Wildman–Crippen MR) is 95.2 cm³/mol. The molecular formula is C15H10Cl3N3O3S. The van der Waals surface area contributed by atoms with Crippen molar-refractivity contribution in [2.45, 2.75) is 11.4 Å². The van der Waals surface area contributed by atoms with Gasteiger partial charge in [0.1, 0.15) is 4.90 Å². The number of rotatable bonds is 5. The highest BCUT2D eigenvalue weighted by molar-refractivity contribution is 7.89. The fraction of sp³-hybridized carbons (Fsp3) is 0.0667. The molecule has 0 amide bonds. The Balaban J connectivity index is 1.75. The van der Waals surface area contributed by atoms with E-state index in [1.54, 1.807) is 24.3 Å². The standard InChI is InChI=1S/C15H10Cl3N3O3S/c16-10-3-1-9(2-4-10)15-20-14(24-21-15)8-19-25(22,23)13-7-11(17)5-6-12(13)18/h1-7,19H,8H2. The van der Waals surface area contributed by atoms with Gasteiger partial charge in [0.05, 0.1) is 11.6 Å². The molecule has 0 unspecified atom stereocenters.